The van der Waals surface area contributed by atoms with E-state index < -0.39 is 0 Å². The summed E-state index contributed by atoms with van der Waals surface area (Å²) < 4.78 is 1.41. The number of nitrogens with zero attached hydrogens (tertiary/aromatic N) is 2. The molecule has 1 rings (SSSR count). The van der Waals surface area contributed by atoms with E-state index >= 15 is 0 Å². The number of unbranched alkanes of at least 4 members (excludes halogenated alkanes) is 2. The normalized spacial score (nSPS) is 10.3. The molecule has 1 aromatic rings. The van der Waals surface area contributed by atoms with Gasteiger partial charge in [0.05, 0.1) is 0 Å². The van der Waals surface area contributed by atoms with Crippen molar-refractivity contribution in [2.24, 2.45) is 0 Å². The number of hydrogen-bond donors (Lipinski definition) is 0. The van der Waals surface area contributed by atoms with Crippen LogP contribution in [0.2, 0.25) is 5.15 Å². The zero-order valence-corrected chi connectivity index (χ0v) is 8.42. The van der Waals surface area contributed by atoms with Crippen LogP contribution < -0.4 is 5.56 Å². The Kier molecular flexibility index (Phi) is 3.96. The summed E-state index contributed by atoms with van der Waals surface area (Å²) in [6.07, 6.45) is 3.22. The second kappa shape index (κ2) is 5.02. The van der Waals surface area contributed by atoms with Crippen LogP contribution in [0.4, 0.5) is 0 Å². The summed E-state index contributed by atoms with van der Waals surface area (Å²) in [5.74, 6) is 0. The van der Waals surface area contributed by atoms with E-state index in [9.17, 15) is 4.79 Å². The molecule has 0 saturated heterocycles. The van der Waals surface area contributed by atoms with Crippen molar-refractivity contribution in [1.29, 1.82) is 0 Å². The molecule has 0 fully saturated rings. The molecular weight excluding hydrogens is 188 g/mol. The van der Waals surface area contributed by atoms with Crippen LogP contribution in [0.25, 0.3) is 0 Å². The minimum absolute atomic E-state index is 0.0829. The van der Waals surface area contributed by atoms with Crippen molar-refractivity contribution in [3.8, 4) is 0 Å². The molecule has 0 bridgehead atoms. The first kappa shape index (κ1) is 10.3. The van der Waals surface area contributed by atoms with Gasteiger partial charge < -0.3 is 0 Å². The lowest BCUT2D eigenvalue weighted by Crippen LogP contribution is -2.21. The Morgan fingerprint density at radius 2 is 2.23 bits per heavy atom. The Morgan fingerprint density at radius 3 is 2.92 bits per heavy atom. The fourth-order valence-electron chi connectivity index (χ4n) is 1.10. The van der Waals surface area contributed by atoms with Gasteiger partial charge in [0.2, 0.25) is 0 Å². The predicted molar refractivity (Wildman–Crippen MR) is 53.0 cm³/mol. The largest absolute Gasteiger partial charge is 0.268 e. The number of hydrogen-bond acceptors (Lipinski definition) is 2. The summed E-state index contributed by atoms with van der Waals surface area (Å²) in [5.41, 5.74) is -0.0829. The van der Waals surface area contributed by atoms with Gasteiger partial charge in [-0.25, -0.2) is 4.68 Å². The van der Waals surface area contributed by atoms with Crippen LogP contribution >= 0.6 is 11.6 Å². The van der Waals surface area contributed by atoms with Crippen molar-refractivity contribution >= 4 is 11.6 Å². The highest BCUT2D eigenvalue weighted by atomic mass is 35.5. The second-order valence-corrected chi connectivity index (χ2v) is 3.31. The maximum Gasteiger partial charge on any atom is 0.266 e. The molecule has 1 aromatic heterocycles. The first-order chi connectivity index (χ1) is 6.24. The van der Waals surface area contributed by atoms with Gasteiger partial charge in [0.25, 0.3) is 5.56 Å². The van der Waals surface area contributed by atoms with Gasteiger partial charge in [-0.05, 0) is 12.5 Å². The molecule has 0 aromatic carbocycles. The van der Waals surface area contributed by atoms with Crippen molar-refractivity contribution in [2.75, 3.05) is 0 Å². The SMILES string of the molecule is CCCCCn1nc(Cl)ccc1=O. The molecule has 0 amide bonds. The van der Waals surface area contributed by atoms with E-state index in [4.69, 9.17) is 11.6 Å². The molecule has 0 radical (unpaired) electrons. The van der Waals surface area contributed by atoms with Gasteiger partial charge >= 0.3 is 0 Å². The van der Waals surface area contributed by atoms with E-state index in [0.29, 0.717) is 11.7 Å². The topological polar surface area (TPSA) is 34.9 Å². The Morgan fingerprint density at radius 1 is 1.46 bits per heavy atom. The van der Waals surface area contributed by atoms with Crippen LogP contribution in [0.5, 0.6) is 0 Å². The van der Waals surface area contributed by atoms with Crippen molar-refractivity contribution in [3.05, 3.63) is 27.6 Å². The van der Waals surface area contributed by atoms with Gasteiger partial charge in [-0.15, -0.1) is 0 Å². The van der Waals surface area contributed by atoms with Crippen molar-refractivity contribution < 1.29 is 0 Å². The quantitative estimate of drug-likeness (QED) is 0.698. The van der Waals surface area contributed by atoms with Gasteiger partial charge in [0.1, 0.15) is 5.15 Å². The Hall–Kier alpha value is -0.830. The van der Waals surface area contributed by atoms with Crippen LogP contribution in [0.3, 0.4) is 0 Å². The third-order valence-electron chi connectivity index (χ3n) is 1.81. The Balaban J connectivity index is 2.65. The van der Waals surface area contributed by atoms with E-state index in [1.54, 1.807) is 0 Å². The standard InChI is InChI=1S/C9H13ClN2O/c1-2-3-4-7-12-9(13)6-5-8(10)11-12/h5-6H,2-4,7H2,1H3. The van der Waals surface area contributed by atoms with E-state index in [1.165, 1.54) is 16.8 Å². The third kappa shape index (κ3) is 3.19. The zero-order valence-electron chi connectivity index (χ0n) is 7.66. The van der Waals surface area contributed by atoms with Gasteiger partial charge in [-0.3, -0.25) is 4.79 Å². The summed E-state index contributed by atoms with van der Waals surface area (Å²) in [4.78, 5) is 11.2. The molecule has 3 nitrogen and oxygen atoms in total. The molecule has 0 aliphatic carbocycles. The summed E-state index contributed by atoms with van der Waals surface area (Å²) in [6, 6.07) is 2.96. The van der Waals surface area contributed by atoms with Crippen molar-refractivity contribution in [3.63, 3.8) is 0 Å². The van der Waals surface area contributed by atoms with Crippen LogP contribution in [0.15, 0.2) is 16.9 Å². The van der Waals surface area contributed by atoms with Gasteiger partial charge in [0.15, 0.2) is 0 Å². The fraction of sp³-hybridized carbons (Fsp3) is 0.556. The predicted octanol–water partition coefficient (Wildman–Crippen LogP) is 2.09. The van der Waals surface area contributed by atoms with Crippen LogP contribution in [-0.2, 0) is 6.54 Å². The van der Waals surface area contributed by atoms with Gasteiger partial charge in [-0.1, -0.05) is 31.4 Å². The molecule has 13 heavy (non-hydrogen) atoms. The van der Waals surface area contributed by atoms with Crippen LogP contribution in [-0.4, -0.2) is 9.78 Å². The summed E-state index contributed by atoms with van der Waals surface area (Å²) in [7, 11) is 0. The van der Waals surface area contributed by atoms with E-state index in [2.05, 4.69) is 12.0 Å². The second-order valence-electron chi connectivity index (χ2n) is 2.92. The molecule has 0 aliphatic heterocycles. The number of aryl methyl sites for hydroxylation is 1. The molecule has 0 N–H and O–H groups in total. The minimum atomic E-state index is -0.0829. The molecule has 4 heteroatoms. The lowest BCUT2D eigenvalue weighted by molar-refractivity contribution is 0.528. The van der Waals surface area contributed by atoms with Crippen molar-refractivity contribution in [2.45, 2.75) is 32.7 Å². The fourth-order valence-corrected chi connectivity index (χ4v) is 1.25. The Labute approximate surface area is 82.3 Å². The molecular formula is C9H13ClN2O. The summed E-state index contributed by atoms with van der Waals surface area (Å²) >= 11 is 5.66. The molecule has 72 valence electrons. The highest BCUT2D eigenvalue weighted by Gasteiger charge is 1.97. The number of aromatic nitrogens is 2. The number of halogens is 1. The molecule has 1 heterocycles. The lowest BCUT2D eigenvalue weighted by Gasteiger charge is -2.02. The zero-order chi connectivity index (χ0) is 9.68. The summed E-state index contributed by atoms with van der Waals surface area (Å²) in [6.45, 7) is 2.78. The lowest BCUT2D eigenvalue weighted by atomic mass is 10.2. The maximum absolute atomic E-state index is 11.2. The number of rotatable bonds is 4. The monoisotopic (exact) mass is 200 g/mol. The average Bonchev–Trinajstić information content (AvgIpc) is 2.11. The smallest absolute Gasteiger partial charge is 0.266 e. The van der Waals surface area contributed by atoms with E-state index in [0.717, 1.165) is 19.3 Å². The maximum atomic E-state index is 11.2. The average molecular weight is 201 g/mol. The van der Waals surface area contributed by atoms with E-state index in [1.807, 2.05) is 0 Å². The van der Waals surface area contributed by atoms with Gasteiger partial charge in [-0.2, -0.15) is 5.10 Å². The Bertz CT molecular complexity index is 322. The molecule has 0 unspecified atom stereocenters. The van der Waals surface area contributed by atoms with Gasteiger partial charge in [0, 0.05) is 12.6 Å². The summed E-state index contributed by atoms with van der Waals surface area (Å²) in [5, 5.41) is 4.29. The first-order valence-corrected chi connectivity index (χ1v) is 4.85. The first-order valence-electron chi connectivity index (χ1n) is 4.47. The van der Waals surface area contributed by atoms with Crippen LogP contribution in [0.1, 0.15) is 26.2 Å². The van der Waals surface area contributed by atoms with Crippen LogP contribution in [0, 0.1) is 0 Å². The van der Waals surface area contributed by atoms with E-state index in [-0.39, 0.29) is 5.56 Å². The molecule has 0 saturated carbocycles. The van der Waals surface area contributed by atoms with Crippen molar-refractivity contribution in [1.82, 2.24) is 9.78 Å². The molecule has 0 atom stereocenters. The minimum Gasteiger partial charge on any atom is -0.268 e. The molecule has 0 aliphatic rings. The third-order valence-corrected chi connectivity index (χ3v) is 2.01. The molecule has 0 spiro atoms. The highest BCUT2D eigenvalue weighted by molar-refractivity contribution is 6.29. The highest BCUT2D eigenvalue weighted by Crippen LogP contribution is 2.00.